The summed E-state index contributed by atoms with van der Waals surface area (Å²) in [6, 6.07) is 7.15. The molecule has 0 amide bonds. The highest BCUT2D eigenvalue weighted by molar-refractivity contribution is 7.89. The lowest BCUT2D eigenvalue weighted by Gasteiger charge is -2.19. The van der Waals surface area contributed by atoms with Crippen molar-refractivity contribution < 1.29 is 23.1 Å². The van der Waals surface area contributed by atoms with E-state index in [-0.39, 0.29) is 18.0 Å². The molecule has 1 aromatic carbocycles. The standard InChI is InChI=1S/C12H14N2O5S/c1-19-7-6-14(9-12(15)16)20(17,18)11-4-2-10(8-13)3-5-11/h2-5H,6-7,9H2,1H3,(H,15,16). The van der Waals surface area contributed by atoms with E-state index in [2.05, 4.69) is 0 Å². The Kier molecular flexibility index (Phi) is 5.64. The van der Waals surface area contributed by atoms with Crippen LogP contribution in [0.1, 0.15) is 5.56 Å². The Hall–Kier alpha value is -1.95. The summed E-state index contributed by atoms with van der Waals surface area (Å²) in [6.45, 7) is -0.625. The van der Waals surface area contributed by atoms with E-state index in [0.29, 0.717) is 5.56 Å². The van der Waals surface area contributed by atoms with E-state index in [1.165, 1.54) is 31.4 Å². The maximum absolute atomic E-state index is 12.3. The highest BCUT2D eigenvalue weighted by atomic mass is 32.2. The van der Waals surface area contributed by atoms with E-state index in [0.717, 1.165) is 4.31 Å². The minimum Gasteiger partial charge on any atom is -0.480 e. The van der Waals surface area contributed by atoms with E-state index >= 15 is 0 Å². The number of rotatable bonds is 7. The van der Waals surface area contributed by atoms with Crippen molar-refractivity contribution in [1.82, 2.24) is 4.31 Å². The molecule has 0 spiro atoms. The van der Waals surface area contributed by atoms with E-state index < -0.39 is 22.5 Å². The molecule has 20 heavy (non-hydrogen) atoms. The molecule has 0 fully saturated rings. The molecule has 108 valence electrons. The second-order valence-electron chi connectivity index (χ2n) is 3.86. The van der Waals surface area contributed by atoms with Crippen LogP contribution in [0.2, 0.25) is 0 Å². The van der Waals surface area contributed by atoms with Gasteiger partial charge in [0.15, 0.2) is 0 Å². The molecule has 0 atom stereocenters. The summed E-state index contributed by atoms with van der Waals surface area (Å²) in [5.74, 6) is -1.25. The van der Waals surface area contributed by atoms with Gasteiger partial charge >= 0.3 is 5.97 Å². The zero-order valence-electron chi connectivity index (χ0n) is 10.8. The van der Waals surface area contributed by atoms with Gasteiger partial charge in [0.05, 0.1) is 23.1 Å². The topological polar surface area (TPSA) is 108 Å². The van der Waals surface area contributed by atoms with Gasteiger partial charge in [-0.15, -0.1) is 0 Å². The van der Waals surface area contributed by atoms with Crippen LogP contribution in [-0.4, -0.2) is 50.6 Å². The van der Waals surface area contributed by atoms with Crippen molar-refractivity contribution in [3.05, 3.63) is 29.8 Å². The van der Waals surface area contributed by atoms with Gasteiger partial charge in [-0.2, -0.15) is 9.57 Å². The van der Waals surface area contributed by atoms with Crippen LogP contribution in [0.3, 0.4) is 0 Å². The monoisotopic (exact) mass is 298 g/mol. The van der Waals surface area contributed by atoms with Crippen molar-refractivity contribution in [1.29, 1.82) is 5.26 Å². The third-order valence-electron chi connectivity index (χ3n) is 2.48. The first-order valence-electron chi connectivity index (χ1n) is 5.63. The Balaban J connectivity index is 3.07. The zero-order chi connectivity index (χ0) is 15.2. The average Bonchev–Trinajstić information content (AvgIpc) is 2.43. The normalized spacial score (nSPS) is 11.2. The first kappa shape index (κ1) is 16.1. The molecule has 0 bridgehead atoms. The lowest BCUT2D eigenvalue weighted by Crippen LogP contribution is -2.37. The molecule has 0 aliphatic rings. The Bertz CT molecular complexity index is 604. The van der Waals surface area contributed by atoms with Gasteiger partial charge in [-0.05, 0) is 24.3 Å². The molecule has 0 saturated carbocycles. The lowest BCUT2D eigenvalue weighted by atomic mass is 10.2. The SMILES string of the molecule is COCCN(CC(=O)O)S(=O)(=O)c1ccc(C#N)cc1. The van der Waals surface area contributed by atoms with Crippen LogP contribution in [0, 0.1) is 11.3 Å². The number of methoxy groups -OCH3 is 1. The van der Waals surface area contributed by atoms with Crippen LogP contribution in [0.5, 0.6) is 0 Å². The summed E-state index contributed by atoms with van der Waals surface area (Å²) in [7, 11) is -2.53. The van der Waals surface area contributed by atoms with Crippen molar-refractivity contribution in [3.63, 3.8) is 0 Å². The maximum atomic E-state index is 12.3. The highest BCUT2D eigenvalue weighted by Crippen LogP contribution is 2.16. The van der Waals surface area contributed by atoms with Crippen LogP contribution in [0.4, 0.5) is 0 Å². The number of sulfonamides is 1. The fourth-order valence-electron chi connectivity index (χ4n) is 1.48. The van der Waals surface area contributed by atoms with Gasteiger partial charge in [0.25, 0.3) is 0 Å². The van der Waals surface area contributed by atoms with Gasteiger partial charge in [-0.25, -0.2) is 8.42 Å². The van der Waals surface area contributed by atoms with Crippen molar-refractivity contribution in [2.24, 2.45) is 0 Å². The third kappa shape index (κ3) is 4.03. The summed E-state index contributed by atoms with van der Waals surface area (Å²) in [5, 5.41) is 17.5. The Labute approximate surface area is 117 Å². The Morgan fingerprint density at radius 2 is 2.00 bits per heavy atom. The quantitative estimate of drug-likeness (QED) is 0.774. The molecule has 0 heterocycles. The number of hydrogen-bond donors (Lipinski definition) is 1. The number of carboxylic acids is 1. The molecule has 1 aromatic rings. The third-order valence-corrected chi connectivity index (χ3v) is 4.34. The van der Waals surface area contributed by atoms with Crippen molar-refractivity contribution in [2.45, 2.75) is 4.90 Å². The number of hydrogen-bond acceptors (Lipinski definition) is 5. The average molecular weight is 298 g/mol. The van der Waals surface area contributed by atoms with Crippen LogP contribution >= 0.6 is 0 Å². The van der Waals surface area contributed by atoms with Crippen LogP contribution in [-0.2, 0) is 19.6 Å². The zero-order valence-corrected chi connectivity index (χ0v) is 11.6. The predicted molar refractivity (Wildman–Crippen MR) is 69.4 cm³/mol. The molecule has 0 radical (unpaired) electrons. The van der Waals surface area contributed by atoms with Crippen LogP contribution < -0.4 is 0 Å². The summed E-state index contributed by atoms with van der Waals surface area (Å²) < 4.78 is 30.2. The first-order valence-corrected chi connectivity index (χ1v) is 7.07. The predicted octanol–water partition coefficient (Wildman–Crippen LogP) is 0.280. The number of ether oxygens (including phenoxy) is 1. The molecule has 0 unspecified atom stereocenters. The summed E-state index contributed by atoms with van der Waals surface area (Å²) in [4.78, 5) is 10.7. The molecule has 1 N–H and O–H groups in total. The van der Waals surface area contributed by atoms with Gasteiger partial charge in [-0.1, -0.05) is 0 Å². The van der Waals surface area contributed by atoms with Crippen LogP contribution in [0.25, 0.3) is 0 Å². The lowest BCUT2D eigenvalue weighted by molar-refractivity contribution is -0.137. The highest BCUT2D eigenvalue weighted by Gasteiger charge is 2.26. The number of carboxylic acid groups (broad SMARTS) is 1. The molecule has 1 rings (SSSR count). The number of aliphatic carboxylic acids is 1. The molecule has 0 aliphatic carbocycles. The number of benzene rings is 1. The number of carbonyl (C=O) groups is 1. The van der Waals surface area contributed by atoms with Crippen molar-refractivity contribution in [3.8, 4) is 6.07 Å². The van der Waals surface area contributed by atoms with Crippen molar-refractivity contribution in [2.75, 3.05) is 26.8 Å². The molecule has 8 heteroatoms. The Morgan fingerprint density at radius 3 is 2.45 bits per heavy atom. The number of nitrogens with zero attached hydrogens (tertiary/aromatic N) is 2. The largest absolute Gasteiger partial charge is 0.480 e. The van der Waals surface area contributed by atoms with E-state index in [1.54, 1.807) is 0 Å². The van der Waals surface area contributed by atoms with Gasteiger partial charge in [0.1, 0.15) is 6.54 Å². The van der Waals surface area contributed by atoms with Gasteiger partial charge in [0.2, 0.25) is 10.0 Å². The van der Waals surface area contributed by atoms with Crippen LogP contribution in [0.15, 0.2) is 29.2 Å². The smallest absolute Gasteiger partial charge is 0.318 e. The molecule has 0 saturated heterocycles. The summed E-state index contributed by atoms with van der Waals surface area (Å²) in [6.07, 6.45) is 0. The summed E-state index contributed by atoms with van der Waals surface area (Å²) in [5.41, 5.74) is 0.325. The minimum absolute atomic E-state index is 0.0612. The fourth-order valence-corrected chi connectivity index (χ4v) is 2.85. The second kappa shape index (κ2) is 7.00. The van der Waals surface area contributed by atoms with E-state index in [9.17, 15) is 13.2 Å². The molecule has 0 aromatic heterocycles. The second-order valence-corrected chi connectivity index (χ2v) is 5.80. The molecule has 7 nitrogen and oxygen atoms in total. The van der Waals surface area contributed by atoms with Gasteiger partial charge in [-0.3, -0.25) is 4.79 Å². The van der Waals surface area contributed by atoms with Gasteiger partial charge < -0.3 is 9.84 Å². The summed E-state index contributed by atoms with van der Waals surface area (Å²) >= 11 is 0. The first-order chi connectivity index (χ1) is 9.41. The molecular weight excluding hydrogens is 284 g/mol. The Morgan fingerprint density at radius 1 is 1.40 bits per heavy atom. The van der Waals surface area contributed by atoms with Gasteiger partial charge in [0, 0.05) is 13.7 Å². The minimum atomic E-state index is -3.93. The van der Waals surface area contributed by atoms with E-state index in [4.69, 9.17) is 15.1 Å². The molecule has 0 aliphatic heterocycles. The number of nitriles is 1. The maximum Gasteiger partial charge on any atom is 0.318 e. The van der Waals surface area contributed by atoms with E-state index in [1.807, 2.05) is 6.07 Å². The molecular formula is C12H14N2O5S. The fraction of sp³-hybridized carbons (Fsp3) is 0.333. The van der Waals surface area contributed by atoms with Crippen molar-refractivity contribution >= 4 is 16.0 Å².